The molecule has 1 atom stereocenters. The molecule has 0 spiro atoms. The quantitative estimate of drug-likeness (QED) is 0.817. The standard InChI is InChI=1S/C15H10N4OS/c16-9-10-13(11-5-1-3-7-17-11)15(20,19-14(10)21)12-6-2-4-8-18-12/h1-8,20H,(H,19,21). The number of aromatic nitrogens is 2. The Balaban J connectivity index is 2.26. The Bertz CT molecular complexity index is 767. The second kappa shape index (κ2) is 5.05. The van der Waals surface area contributed by atoms with Gasteiger partial charge >= 0.3 is 0 Å². The van der Waals surface area contributed by atoms with Gasteiger partial charge in [0.15, 0.2) is 0 Å². The summed E-state index contributed by atoms with van der Waals surface area (Å²) in [5.41, 5.74) is -0.281. The van der Waals surface area contributed by atoms with E-state index in [1.54, 1.807) is 48.8 Å². The first-order valence-corrected chi connectivity index (χ1v) is 6.60. The van der Waals surface area contributed by atoms with Gasteiger partial charge in [-0.05, 0) is 24.3 Å². The molecule has 2 N–H and O–H groups in total. The maximum atomic E-state index is 11.0. The molecule has 21 heavy (non-hydrogen) atoms. The van der Waals surface area contributed by atoms with Gasteiger partial charge in [0.25, 0.3) is 0 Å². The highest BCUT2D eigenvalue weighted by Crippen LogP contribution is 2.39. The zero-order valence-corrected chi connectivity index (χ0v) is 11.6. The highest BCUT2D eigenvalue weighted by Gasteiger charge is 2.45. The molecule has 6 heteroatoms. The largest absolute Gasteiger partial charge is 0.362 e. The molecule has 2 aromatic heterocycles. The van der Waals surface area contributed by atoms with Gasteiger partial charge in [0.1, 0.15) is 11.1 Å². The van der Waals surface area contributed by atoms with Crippen LogP contribution in [0.15, 0.2) is 54.4 Å². The normalized spacial score (nSPS) is 21.0. The lowest BCUT2D eigenvalue weighted by atomic mass is 9.95. The maximum Gasteiger partial charge on any atom is 0.210 e. The van der Waals surface area contributed by atoms with Crippen LogP contribution in [-0.4, -0.2) is 20.1 Å². The topological polar surface area (TPSA) is 81.8 Å². The molecular formula is C15H10N4OS. The summed E-state index contributed by atoms with van der Waals surface area (Å²) in [7, 11) is 0. The second-order valence-electron chi connectivity index (χ2n) is 4.46. The van der Waals surface area contributed by atoms with Gasteiger partial charge in [-0.1, -0.05) is 24.4 Å². The number of hydrogen-bond donors (Lipinski definition) is 2. The Hall–Kier alpha value is -2.62. The lowest BCUT2D eigenvalue weighted by Gasteiger charge is -2.25. The maximum absolute atomic E-state index is 11.0. The van der Waals surface area contributed by atoms with Gasteiger partial charge in [-0.15, -0.1) is 0 Å². The number of pyridine rings is 2. The zero-order chi connectivity index (χ0) is 14.9. The Kier molecular flexibility index (Phi) is 3.22. The van der Waals surface area contributed by atoms with Gasteiger partial charge in [0, 0.05) is 12.4 Å². The van der Waals surface area contributed by atoms with Gasteiger partial charge in [-0.3, -0.25) is 9.97 Å². The summed E-state index contributed by atoms with van der Waals surface area (Å²) in [4.78, 5) is 8.57. The number of nitrogens with zero attached hydrogens (tertiary/aromatic N) is 3. The first-order valence-electron chi connectivity index (χ1n) is 6.19. The van der Waals surface area contributed by atoms with Crippen molar-refractivity contribution in [3.8, 4) is 6.07 Å². The van der Waals surface area contributed by atoms with Gasteiger partial charge in [-0.2, -0.15) is 5.26 Å². The van der Waals surface area contributed by atoms with E-state index in [-0.39, 0.29) is 10.6 Å². The molecule has 1 aliphatic heterocycles. The molecule has 5 nitrogen and oxygen atoms in total. The Morgan fingerprint density at radius 2 is 1.86 bits per heavy atom. The lowest BCUT2D eigenvalue weighted by molar-refractivity contribution is 0.0845. The summed E-state index contributed by atoms with van der Waals surface area (Å²) in [6, 6.07) is 12.5. The van der Waals surface area contributed by atoms with Crippen LogP contribution >= 0.6 is 12.2 Å². The number of thiocarbonyl (C=S) groups is 1. The third kappa shape index (κ3) is 2.09. The van der Waals surface area contributed by atoms with Gasteiger partial charge < -0.3 is 10.4 Å². The summed E-state index contributed by atoms with van der Waals surface area (Å²) >= 11 is 5.16. The highest BCUT2D eigenvalue weighted by atomic mass is 32.1. The van der Waals surface area contributed by atoms with E-state index in [2.05, 4.69) is 15.3 Å². The minimum Gasteiger partial charge on any atom is -0.362 e. The fourth-order valence-corrected chi connectivity index (χ4v) is 2.58. The summed E-state index contributed by atoms with van der Waals surface area (Å²) in [6.45, 7) is 0. The van der Waals surface area contributed by atoms with Crippen molar-refractivity contribution in [2.75, 3.05) is 0 Å². The molecule has 0 fully saturated rings. The molecule has 3 heterocycles. The first-order chi connectivity index (χ1) is 10.2. The van der Waals surface area contributed by atoms with Crippen molar-refractivity contribution in [2.45, 2.75) is 5.72 Å². The monoisotopic (exact) mass is 294 g/mol. The van der Waals surface area contributed by atoms with Crippen LogP contribution < -0.4 is 5.32 Å². The van der Waals surface area contributed by atoms with Gasteiger partial charge in [-0.25, -0.2) is 0 Å². The predicted molar refractivity (Wildman–Crippen MR) is 80.6 cm³/mol. The van der Waals surface area contributed by atoms with Crippen molar-refractivity contribution in [3.05, 3.63) is 65.8 Å². The zero-order valence-electron chi connectivity index (χ0n) is 10.8. The molecular weight excluding hydrogens is 284 g/mol. The SMILES string of the molecule is N#CC1=C(c2ccccn2)C(O)(c2ccccn2)NC1=S. The highest BCUT2D eigenvalue weighted by molar-refractivity contribution is 7.80. The molecule has 0 saturated carbocycles. The average molecular weight is 294 g/mol. The molecule has 0 aliphatic carbocycles. The number of nitriles is 1. The summed E-state index contributed by atoms with van der Waals surface area (Å²) in [6.07, 6.45) is 3.16. The van der Waals surface area contributed by atoms with Crippen molar-refractivity contribution in [1.82, 2.24) is 15.3 Å². The van der Waals surface area contributed by atoms with Crippen LogP contribution in [0.2, 0.25) is 0 Å². The Morgan fingerprint density at radius 1 is 1.14 bits per heavy atom. The van der Waals surface area contributed by atoms with E-state index in [1.807, 2.05) is 6.07 Å². The van der Waals surface area contributed by atoms with E-state index in [0.717, 1.165) is 0 Å². The predicted octanol–water partition coefficient (Wildman–Crippen LogP) is 1.53. The fraction of sp³-hybridized carbons (Fsp3) is 0.0667. The second-order valence-corrected chi connectivity index (χ2v) is 4.86. The fourth-order valence-electron chi connectivity index (χ4n) is 2.28. The smallest absolute Gasteiger partial charge is 0.210 e. The van der Waals surface area contributed by atoms with E-state index < -0.39 is 5.72 Å². The van der Waals surface area contributed by atoms with Crippen LogP contribution in [0.1, 0.15) is 11.4 Å². The van der Waals surface area contributed by atoms with E-state index >= 15 is 0 Å². The Morgan fingerprint density at radius 3 is 2.43 bits per heavy atom. The van der Waals surface area contributed by atoms with Gasteiger partial charge in [0.05, 0.1) is 22.5 Å². The molecule has 0 radical (unpaired) electrons. The van der Waals surface area contributed by atoms with Crippen LogP contribution in [0, 0.1) is 11.3 Å². The van der Waals surface area contributed by atoms with E-state index in [0.29, 0.717) is 17.0 Å². The van der Waals surface area contributed by atoms with Crippen molar-refractivity contribution in [2.24, 2.45) is 0 Å². The van der Waals surface area contributed by atoms with E-state index in [1.165, 1.54) is 0 Å². The molecule has 0 saturated heterocycles. The van der Waals surface area contributed by atoms with Crippen LogP contribution in [-0.2, 0) is 5.72 Å². The van der Waals surface area contributed by atoms with Crippen molar-refractivity contribution < 1.29 is 5.11 Å². The molecule has 102 valence electrons. The molecule has 1 unspecified atom stereocenters. The molecule has 3 rings (SSSR count). The van der Waals surface area contributed by atoms with E-state index in [4.69, 9.17) is 12.2 Å². The number of rotatable bonds is 2. The third-order valence-corrected chi connectivity index (χ3v) is 3.51. The lowest BCUT2D eigenvalue weighted by Crippen LogP contribution is -2.41. The van der Waals surface area contributed by atoms with Crippen LogP contribution in [0.3, 0.4) is 0 Å². The minimum atomic E-state index is -1.66. The molecule has 0 amide bonds. The number of hydrogen-bond acceptors (Lipinski definition) is 5. The minimum absolute atomic E-state index is 0.186. The summed E-state index contributed by atoms with van der Waals surface area (Å²) < 4.78 is 0. The molecule has 2 aromatic rings. The first kappa shape index (κ1) is 13.4. The van der Waals surface area contributed by atoms with Gasteiger partial charge in [0.2, 0.25) is 5.72 Å². The number of aliphatic hydroxyl groups is 1. The van der Waals surface area contributed by atoms with Crippen molar-refractivity contribution >= 4 is 22.8 Å². The molecule has 0 aromatic carbocycles. The van der Waals surface area contributed by atoms with E-state index in [9.17, 15) is 10.4 Å². The van der Waals surface area contributed by atoms with Crippen LogP contribution in [0.25, 0.3) is 5.57 Å². The number of nitrogens with one attached hydrogen (secondary N) is 1. The van der Waals surface area contributed by atoms with Crippen molar-refractivity contribution in [1.29, 1.82) is 5.26 Å². The van der Waals surface area contributed by atoms with Crippen molar-refractivity contribution in [3.63, 3.8) is 0 Å². The third-order valence-electron chi connectivity index (χ3n) is 3.20. The molecule has 0 bridgehead atoms. The molecule has 1 aliphatic rings. The summed E-state index contributed by atoms with van der Waals surface area (Å²) in [5, 5.41) is 23.2. The average Bonchev–Trinajstić information content (AvgIpc) is 2.80. The van der Waals surface area contributed by atoms with Crippen LogP contribution in [0.5, 0.6) is 0 Å². The summed E-state index contributed by atoms with van der Waals surface area (Å²) in [5.74, 6) is 0. The Labute approximate surface area is 126 Å². The van der Waals surface area contributed by atoms with Crippen LogP contribution in [0.4, 0.5) is 0 Å².